The zero-order valence-electron chi connectivity index (χ0n) is 8.27. The first-order valence-electron chi connectivity index (χ1n) is 4.67. The van der Waals surface area contributed by atoms with Crippen molar-refractivity contribution in [2.45, 2.75) is 13.0 Å². The fourth-order valence-electron chi connectivity index (χ4n) is 1.31. The zero-order chi connectivity index (χ0) is 10.7. The molecule has 1 aromatic heterocycles. The summed E-state index contributed by atoms with van der Waals surface area (Å²) in [6, 6.07) is 8.83. The first-order valence-corrected chi connectivity index (χ1v) is 6.63. The van der Waals surface area contributed by atoms with E-state index >= 15 is 0 Å². The summed E-state index contributed by atoms with van der Waals surface area (Å²) in [7, 11) is 0. The van der Waals surface area contributed by atoms with Gasteiger partial charge in [-0.15, -0.1) is 11.3 Å². The molecule has 1 aromatic carbocycles. The monoisotopic (exact) mass is 330 g/mol. The van der Waals surface area contributed by atoms with Crippen LogP contribution >= 0.6 is 33.9 Å². The van der Waals surface area contributed by atoms with Crippen molar-refractivity contribution in [3.63, 3.8) is 0 Å². The molecule has 0 aliphatic heterocycles. The topological polar surface area (TPSA) is 24.9 Å². The maximum Gasteiger partial charge on any atom is 0.183 e. The normalized spacial score (nSPS) is 12.4. The SMILES string of the molecule is CC(Nc1nccs1)c1ccc(I)cc1. The molecule has 0 saturated carbocycles. The Morgan fingerprint density at radius 3 is 2.67 bits per heavy atom. The summed E-state index contributed by atoms with van der Waals surface area (Å²) >= 11 is 3.94. The predicted octanol–water partition coefficient (Wildman–Crippen LogP) is 3.92. The fraction of sp³-hybridized carbons (Fsp3) is 0.182. The lowest BCUT2D eigenvalue weighted by Crippen LogP contribution is -2.05. The van der Waals surface area contributed by atoms with Gasteiger partial charge in [0.2, 0.25) is 0 Å². The first-order chi connectivity index (χ1) is 7.25. The largest absolute Gasteiger partial charge is 0.355 e. The smallest absolute Gasteiger partial charge is 0.183 e. The number of aromatic nitrogens is 1. The molecule has 1 N–H and O–H groups in total. The number of nitrogens with zero attached hydrogens (tertiary/aromatic N) is 1. The molecule has 0 fully saturated rings. The maximum atomic E-state index is 4.21. The molecule has 2 aromatic rings. The summed E-state index contributed by atoms with van der Waals surface area (Å²) in [5, 5.41) is 6.31. The highest BCUT2D eigenvalue weighted by Crippen LogP contribution is 2.21. The maximum absolute atomic E-state index is 4.21. The molecule has 0 bridgehead atoms. The minimum absolute atomic E-state index is 0.299. The van der Waals surface area contributed by atoms with Gasteiger partial charge in [-0.1, -0.05) is 12.1 Å². The molecule has 0 aliphatic rings. The van der Waals surface area contributed by atoms with Gasteiger partial charge in [-0.05, 0) is 47.2 Å². The van der Waals surface area contributed by atoms with Crippen molar-refractivity contribution in [3.05, 3.63) is 45.0 Å². The van der Waals surface area contributed by atoms with E-state index in [0.29, 0.717) is 6.04 Å². The van der Waals surface area contributed by atoms with Crippen molar-refractivity contribution < 1.29 is 0 Å². The van der Waals surface area contributed by atoms with Crippen molar-refractivity contribution >= 4 is 39.1 Å². The van der Waals surface area contributed by atoms with Crippen LogP contribution in [0.15, 0.2) is 35.8 Å². The van der Waals surface area contributed by atoms with Crippen LogP contribution in [-0.2, 0) is 0 Å². The van der Waals surface area contributed by atoms with Crippen molar-refractivity contribution in [1.82, 2.24) is 4.98 Å². The molecule has 4 heteroatoms. The summed E-state index contributed by atoms with van der Waals surface area (Å²) in [6.45, 7) is 2.14. The van der Waals surface area contributed by atoms with Crippen molar-refractivity contribution in [1.29, 1.82) is 0 Å². The zero-order valence-corrected chi connectivity index (χ0v) is 11.2. The van der Waals surface area contributed by atoms with Gasteiger partial charge in [-0.2, -0.15) is 0 Å². The van der Waals surface area contributed by atoms with Crippen molar-refractivity contribution in [3.8, 4) is 0 Å². The minimum Gasteiger partial charge on any atom is -0.355 e. The molecule has 15 heavy (non-hydrogen) atoms. The van der Waals surface area contributed by atoms with E-state index in [1.165, 1.54) is 9.13 Å². The van der Waals surface area contributed by atoms with Crippen LogP contribution in [0.25, 0.3) is 0 Å². The quantitative estimate of drug-likeness (QED) is 0.863. The average molecular weight is 330 g/mol. The van der Waals surface area contributed by atoms with E-state index in [9.17, 15) is 0 Å². The lowest BCUT2D eigenvalue weighted by Gasteiger charge is -2.13. The Bertz CT molecular complexity index is 411. The van der Waals surface area contributed by atoms with E-state index in [1.54, 1.807) is 11.3 Å². The Labute approximate surface area is 107 Å². The molecule has 78 valence electrons. The van der Waals surface area contributed by atoms with Gasteiger partial charge >= 0.3 is 0 Å². The van der Waals surface area contributed by atoms with Gasteiger partial charge in [0.1, 0.15) is 0 Å². The van der Waals surface area contributed by atoms with Gasteiger partial charge < -0.3 is 5.32 Å². The third-order valence-electron chi connectivity index (χ3n) is 2.14. The van der Waals surface area contributed by atoms with Crippen LogP contribution in [0, 0.1) is 3.57 Å². The molecular formula is C11H11IN2S. The number of halogens is 1. The summed E-state index contributed by atoms with van der Waals surface area (Å²) in [4.78, 5) is 4.21. The molecule has 0 saturated heterocycles. The number of anilines is 1. The van der Waals surface area contributed by atoms with E-state index in [2.05, 4.69) is 64.1 Å². The second-order valence-electron chi connectivity index (χ2n) is 3.25. The highest BCUT2D eigenvalue weighted by molar-refractivity contribution is 14.1. The molecule has 1 atom stereocenters. The van der Waals surface area contributed by atoms with Gasteiger partial charge in [0.15, 0.2) is 5.13 Å². The van der Waals surface area contributed by atoms with E-state index < -0.39 is 0 Å². The second-order valence-corrected chi connectivity index (χ2v) is 5.40. The Balaban J connectivity index is 2.08. The van der Waals surface area contributed by atoms with Crippen LogP contribution < -0.4 is 5.32 Å². The highest BCUT2D eigenvalue weighted by atomic mass is 127. The van der Waals surface area contributed by atoms with Crippen LogP contribution in [0.3, 0.4) is 0 Å². The van der Waals surface area contributed by atoms with E-state index in [-0.39, 0.29) is 0 Å². The average Bonchev–Trinajstić information content (AvgIpc) is 2.71. The number of nitrogens with one attached hydrogen (secondary N) is 1. The third-order valence-corrected chi connectivity index (χ3v) is 3.57. The van der Waals surface area contributed by atoms with E-state index in [0.717, 1.165) is 5.13 Å². The lowest BCUT2D eigenvalue weighted by atomic mass is 10.1. The van der Waals surface area contributed by atoms with Crippen LogP contribution in [0.5, 0.6) is 0 Å². The molecule has 0 radical (unpaired) electrons. The number of hydrogen-bond donors (Lipinski definition) is 1. The van der Waals surface area contributed by atoms with Gasteiger partial charge in [-0.3, -0.25) is 0 Å². The lowest BCUT2D eigenvalue weighted by molar-refractivity contribution is 0.881. The number of rotatable bonds is 3. The fourth-order valence-corrected chi connectivity index (χ4v) is 2.29. The van der Waals surface area contributed by atoms with Crippen molar-refractivity contribution in [2.75, 3.05) is 5.32 Å². The number of hydrogen-bond acceptors (Lipinski definition) is 3. The van der Waals surface area contributed by atoms with E-state index in [1.807, 2.05) is 11.6 Å². The molecule has 0 spiro atoms. The molecule has 2 rings (SSSR count). The Morgan fingerprint density at radius 1 is 1.33 bits per heavy atom. The summed E-state index contributed by atoms with van der Waals surface area (Å²) < 4.78 is 1.26. The van der Waals surface area contributed by atoms with Gasteiger partial charge in [0, 0.05) is 15.1 Å². The Kier molecular flexibility index (Phi) is 3.58. The third kappa shape index (κ3) is 2.92. The minimum atomic E-state index is 0.299. The molecular weight excluding hydrogens is 319 g/mol. The van der Waals surface area contributed by atoms with Crippen LogP contribution in [-0.4, -0.2) is 4.98 Å². The van der Waals surface area contributed by atoms with Crippen LogP contribution in [0.2, 0.25) is 0 Å². The summed E-state index contributed by atoms with van der Waals surface area (Å²) in [5.41, 5.74) is 1.28. The van der Waals surface area contributed by atoms with Gasteiger partial charge in [0.05, 0.1) is 6.04 Å². The second kappa shape index (κ2) is 4.94. The van der Waals surface area contributed by atoms with Crippen molar-refractivity contribution in [2.24, 2.45) is 0 Å². The number of benzene rings is 1. The Hall–Kier alpha value is -0.620. The van der Waals surface area contributed by atoms with Gasteiger partial charge in [-0.25, -0.2) is 4.98 Å². The summed E-state index contributed by atoms with van der Waals surface area (Å²) in [5.74, 6) is 0. The first kappa shape index (κ1) is 10.9. The molecule has 0 aliphatic carbocycles. The molecule has 0 amide bonds. The van der Waals surface area contributed by atoms with Crippen LogP contribution in [0.1, 0.15) is 18.5 Å². The summed E-state index contributed by atoms with van der Waals surface area (Å²) in [6.07, 6.45) is 1.81. The van der Waals surface area contributed by atoms with Gasteiger partial charge in [0.25, 0.3) is 0 Å². The predicted molar refractivity (Wildman–Crippen MR) is 73.3 cm³/mol. The van der Waals surface area contributed by atoms with Crippen LogP contribution in [0.4, 0.5) is 5.13 Å². The molecule has 1 unspecified atom stereocenters. The molecule has 1 heterocycles. The number of thiazole rings is 1. The highest BCUT2D eigenvalue weighted by Gasteiger charge is 2.05. The standard InChI is InChI=1S/C11H11IN2S/c1-8(14-11-13-6-7-15-11)9-2-4-10(12)5-3-9/h2-8H,1H3,(H,13,14). The Morgan fingerprint density at radius 2 is 2.07 bits per heavy atom. The van der Waals surface area contributed by atoms with E-state index in [4.69, 9.17) is 0 Å². The molecule has 2 nitrogen and oxygen atoms in total.